The molecule has 1 atom stereocenters. The SMILES string of the molecule is [2H]C([2H])([2H])NC(=O)c1nnc(NC(=O)C2CC2)cc1Nc1cccc(C(=O)C(O)c2ccccc2)c1OC. The van der Waals surface area contributed by atoms with E-state index in [2.05, 4.69) is 20.8 Å². The van der Waals surface area contributed by atoms with E-state index in [-0.39, 0.29) is 46.0 Å². The van der Waals surface area contributed by atoms with E-state index in [4.69, 9.17) is 8.85 Å². The third-order valence-electron chi connectivity index (χ3n) is 5.44. The Morgan fingerprint density at radius 3 is 2.54 bits per heavy atom. The van der Waals surface area contributed by atoms with E-state index in [9.17, 15) is 19.5 Å². The van der Waals surface area contributed by atoms with Crippen LogP contribution in [0.25, 0.3) is 0 Å². The lowest BCUT2D eigenvalue weighted by molar-refractivity contribution is -0.117. The quantitative estimate of drug-likeness (QED) is 0.344. The van der Waals surface area contributed by atoms with Crippen LogP contribution in [0.5, 0.6) is 5.75 Å². The van der Waals surface area contributed by atoms with Crippen molar-refractivity contribution in [1.29, 1.82) is 0 Å². The normalized spacial score (nSPS) is 15.1. The molecule has 1 saturated carbocycles. The number of anilines is 3. The molecular formula is C25H25N5O5. The van der Waals surface area contributed by atoms with Gasteiger partial charge in [0.15, 0.2) is 23.0 Å². The maximum Gasteiger partial charge on any atom is 0.273 e. The topological polar surface area (TPSA) is 143 Å². The predicted octanol–water partition coefficient (Wildman–Crippen LogP) is 2.85. The van der Waals surface area contributed by atoms with Gasteiger partial charge in [0.25, 0.3) is 5.91 Å². The van der Waals surface area contributed by atoms with Crippen LogP contribution in [0, 0.1) is 5.92 Å². The number of hydrogen-bond acceptors (Lipinski definition) is 8. The number of rotatable bonds is 9. The highest BCUT2D eigenvalue weighted by molar-refractivity contribution is 6.04. The van der Waals surface area contributed by atoms with Gasteiger partial charge < -0.3 is 25.8 Å². The Hall–Kier alpha value is -4.31. The number of amides is 2. The van der Waals surface area contributed by atoms with E-state index in [0.29, 0.717) is 5.56 Å². The van der Waals surface area contributed by atoms with Crippen LogP contribution >= 0.6 is 0 Å². The molecule has 1 heterocycles. The number of aliphatic hydroxyl groups excluding tert-OH is 1. The zero-order chi connectivity index (χ0) is 27.4. The first-order chi connectivity index (χ1) is 18.1. The molecular weight excluding hydrogens is 450 g/mol. The summed E-state index contributed by atoms with van der Waals surface area (Å²) in [4.78, 5) is 38.0. The maximum absolute atomic E-state index is 13.2. The summed E-state index contributed by atoms with van der Waals surface area (Å²) in [5.74, 6) is -1.92. The van der Waals surface area contributed by atoms with Crippen LogP contribution in [0.1, 0.15) is 49.5 Å². The van der Waals surface area contributed by atoms with Gasteiger partial charge in [-0.25, -0.2) is 0 Å². The minimum absolute atomic E-state index is 0.000598. The summed E-state index contributed by atoms with van der Waals surface area (Å²) in [6.45, 7) is -2.79. The first-order valence-electron chi connectivity index (χ1n) is 12.3. The number of carbonyl (C=O) groups is 3. The van der Waals surface area contributed by atoms with Crippen molar-refractivity contribution in [2.75, 3.05) is 24.7 Å². The highest BCUT2D eigenvalue weighted by Crippen LogP contribution is 2.35. The average molecular weight is 479 g/mol. The van der Waals surface area contributed by atoms with Crippen molar-refractivity contribution in [1.82, 2.24) is 15.5 Å². The molecule has 2 amide bonds. The van der Waals surface area contributed by atoms with Crippen molar-refractivity contribution in [2.24, 2.45) is 5.92 Å². The van der Waals surface area contributed by atoms with Crippen LogP contribution < -0.4 is 20.7 Å². The van der Waals surface area contributed by atoms with E-state index < -0.39 is 24.8 Å². The molecule has 0 radical (unpaired) electrons. The Morgan fingerprint density at radius 2 is 1.86 bits per heavy atom. The minimum atomic E-state index is -2.79. The number of aliphatic hydroxyl groups is 1. The Morgan fingerprint density at radius 1 is 1.09 bits per heavy atom. The van der Waals surface area contributed by atoms with Crippen molar-refractivity contribution in [3.05, 3.63) is 71.4 Å². The van der Waals surface area contributed by atoms with Gasteiger partial charge in [0.05, 0.1) is 24.0 Å². The highest BCUT2D eigenvalue weighted by Gasteiger charge is 2.30. The molecule has 2 aromatic carbocycles. The Kier molecular flexibility index (Phi) is 5.92. The lowest BCUT2D eigenvalue weighted by Gasteiger charge is -2.18. The molecule has 1 aliphatic carbocycles. The molecule has 10 heteroatoms. The number of ketones is 1. The van der Waals surface area contributed by atoms with Gasteiger partial charge in [0.1, 0.15) is 6.10 Å². The van der Waals surface area contributed by atoms with Gasteiger partial charge in [0, 0.05) is 23.1 Å². The predicted molar refractivity (Wildman–Crippen MR) is 129 cm³/mol. The molecule has 1 unspecified atom stereocenters. The van der Waals surface area contributed by atoms with Gasteiger partial charge in [-0.3, -0.25) is 14.4 Å². The lowest BCUT2D eigenvalue weighted by atomic mass is 9.98. The van der Waals surface area contributed by atoms with E-state index in [1.54, 1.807) is 42.5 Å². The van der Waals surface area contributed by atoms with Gasteiger partial charge in [-0.1, -0.05) is 36.4 Å². The van der Waals surface area contributed by atoms with Crippen molar-refractivity contribution < 1.29 is 28.3 Å². The molecule has 3 aromatic rings. The second-order valence-electron chi connectivity index (χ2n) is 7.90. The van der Waals surface area contributed by atoms with E-state index in [1.165, 1.54) is 19.2 Å². The molecule has 4 rings (SSSR count). The number of para-hydroxylation sites is 1. The first kappa shape index (κ1) is 20.1. The second-order valence-corrected chi connectivity index (χ2v) is 7.90. The number of nitrogens with zero attached hydrogens (tertiary/aromatic N) is 2. The highest BCUT2D eigenvalue weighted by atomic mass is 16.5. The first-order valence-corrected chi connectivity index (χ1v) is 10.8. The number of benzene rings is 2. The van der Waals surface area contributed by atoms with Gasteiger partial charge in [-0.2, -0.15) is 0 Å². The average Bonchev–Trinajstić information content (AvgIpc) is 3.73. The second kappa shape index (κ2) is 10.3. The van der Waals surface area contributed by atoms with Gasteiger partial charge in [-0.15, -0.1) is 10.2 Å². The van der Waals surface area contributed by atoms with Crippen LogP contribution in [-0.2, 0) is 4.79 Å². The molecule has 10 nitrogen and oxygen atoms in total. The van der Waals surface area contributed by atoms with E-state index in [1.807, 2.05) is 5.32 Å². The zero-order valence-electron chi connectivity index (χ0n) is 21.7. The summed E-state index contributed by atoms with van der Waals surface area (Å²) in [5, 5.41) is 25.7. The number of hydrogen-bond donors (Lipinski definition) is 4. The maximum atomic E-state index is 13.2. The number of carbonyl (C=O) groups excluding carboxylic acids is 3. The fraction of sp³-hybridized carbons (Fsp3) is 0.240. The lowest BCUT2D eigenvalue weighted by Crippen LogP contribution is -2.22. The van der Waals surface area contributed by atoms with Gasteiger partial charge in [-0.05, 0) is 30.5 Å². The van der Waals surface area contributed by atoms with Crippen LogP contribution in [0.4, 0.5) is 17.2 Å². The monoisotopic (exact) mass is 478 g/mol. The Labute approximate surface area is 205 Å². The summed E-state index contributed by atoms with van der Waals surface area (Å²) in [6.07, 6.45) is 0.0693. The fourth-order valence-electron chi connectivity index (χ4n) is 3.48. The largest absolute Gasteiger partial charge is 0.494 e. The Bertz CT molecular complexity index is 1360. The van der Waals surface area contributed by atoms with Crippen molar-refractivity contribution in [3.8, 4) is 5.75 Å². The minimum Gasteiger partial charge on any atom is -0.494 e. The van der Waals surface area contributed by atoms with E-state index >= 15 is 0 Å². The molecule has 1 aliphatic rings. The molecule has 0 aliphatic heterocycles. The number of Topliss-reactive ketones (excluding diaryl/α,β-unsaturated/α-hetero) is 1. The van der Waals surface area contributed by atoms with Gasteiger partial charge in [0.2, 0.25) is 5.91 Å². The smallest absolute Gasteiger partial charge is 0.273 e. The van der Waals surface area contributed by atoms with Crippen LogP contribution in [0.15, 0.2) is 54.6 Å². The summed E-state index contributed by atoms with van der Waals surface area (Å²) >= 11 is 0. The summed E-state index contributed by atoms with van der Waals surface area (Å²) < 4.78 is 27.5. The summed E-state index contributed by atoms with van der Waals surface area (Å²) in [7, 11) is 1.33. The van der Waals surface area contributed by atoms with Crippen LogP contribution in [-0.4, -0.2) is 47.0 Å². The van der Waals surface area contributed by atoms with E-state index in [0.717, 1.165) is 12.8 Å². The third-order valence-corrected chi connectivity index (χ3v) is 5.44. The number of aromatic nitrogens is 2. The third kappa shape index (κ3) is 5.28. The molecule has 180 valence electrons. The standard InChI is InChI=1S/C25H25N5O5/c1-26-25(34)20-18(13-19(29-30-20)28-24(33)15-11-12-15)27-17-10-6-9-16(23(17)35-2)22(32)21(31)14-7-4-3-5-8-14/h3-10,13,15,21,31H,11-12H2,1-2H3,(H,26,34)(H2,27,28,29,33)/i1D3. The van der Waals surface area contributed by atoms with Crippen molar-refractivity contribution in [2.45, 2.75) is 18.9 Å². The van der Waals surface area contributed by atoms with Crippen LogP contribution in [0.2, 0.25) is 0 Å². The summed E-state index contributed by atoms with van der Waals surface area (Å²) in [5.41, 5.74) is 0.310. The van der Waals surface area contributed by atoms with Crippen molar-refractivity contribution >= 4 is 34.8 Å². The zero-order valence-corrected chi connectivity index (χ0v) is 18.7. The molecule has 4 N–H and O–H groups in total. The molecule has 0 saturated heterocycles. The molecule has 1 fully saturated rings. The number of methoxy groups -OCH3 is 1. The number of ether oxygens (including phenoxy) is 1. The Balaban J connectivity index is 1.70. The molecule has 1 aromatic heterocycles. The summed E-state index contributed by atoms with van der Waals surface area (Å²) in [6, 6.07) is 14.3. The fourth-order valence-corrected chi connectivity index (χ4v) is 3.48. The molecule has 0 spiro atoms. The molecule has 35 heavy (non-hydrogen) atoms. The van der Waals surface area contributed by atoms with Crippen LogP contribution in [0.3, 0.4) is 0 Å². The molecule has 0 bridgehead atoms. The van der Waals surface area contributed by atoms with Gasteiger partial charge >= 0.3 is 0 Å². The van der Waals surface area contributed by atoms with Crippen molar-refractivity contribution in [3.63, 3.8) is 0 Å². The number of nitrogens with one attached hydrogen (secondary N) is 3.